The van der Waals surface area contributed by atoms with Crippen LogP contribution in [0.3, 0.4) is 0 Å². The monoisotopic (exact) mass is 327 g/mol. The van der Waals surface area contributed by atoms with E-state index in [-0.39, 0.29) is 0 Å². The van der Waals surface area contributed by atoms with Gasteiger partial charge in [-0.05, 0) is 29.9 Å². The topological polar surface area (TPSA) is 54.2 Å². The second-order valence-electron chi connectivity index (χ2n) is 6.23. The minimum absolute atomic E-state index is 0.595. The van der Waals surface area contributed by atoms with Gasteiger partial charge in [0.05, 0.1) is 6.33 Å². The molecule has 1 aromatic heterocycles. The number of aromatic nitrogens is 2. The molecule has 0 saturated carbocycles. The van der Waals surface area contributed by atoms with Crippen LogP contribution in [0.25, 0.3) is 0 Å². The summed E-state index contributed by atoms with van der Waals surface area (Å²) in [5.41, 5.74) is 2.80. The van der Waals surface area contributed by atoms with Crippen LogP contribution in [0.4, 0.5) is 0 Å². The van der Waals surface area contributed by atoms with Gasteiger partial charge in [0.25, 0.3) is 0 Å². The first-order chi connectivity index (χ1) is 11.7. The van der Waals surface area contributed by atoms with Crippen molar-refractivity contribution in [2.24, 2.45) is 4.99 Å². The first-order valence-electron chi connectivity index (χ1n) is 8.68. The highest BCUT2D eigenvalue weighted by Gasteiger charge is 2.00. The predicted octanol–water partition coefficient (Wildman–Crippen LogP) is 2.80. The van der Waals surface area contributed by atoms with Gasteiger partial charge < -0.3 is 15.2 Å². The quantitative estimate of drug-likeness (QED) is 0.445. The van der Waals surface area contributed by atoms with Crippen molar-refractivity contribution < 1.29 is 0 Å². The molecule has 1 aromatic carbocycles. The molecule has 0 aliphatic carbocycles. The van der Waals surface area contributed by atoms with Crippen molar-refractivity contribution >= 4 is 5.96 Å². The molecule has 0 radical (unpaired) electrons. The van der Waals surface area contributed by atoms with Crippen LogP contribution < -0.4 is 10.6 Å². The molecule has 2 aromatic rings. The van der Waals surface area contributed by atoms with E-state index >= 15 is 0 Å². The molecule has 5 nitrogen and oxygen atoms in total. The first-order valence-corrected chi connectivity index (χ1v) is 8.68. The smallest absolute Gasteiger partial charge is 0.191 e. The average molecular weight is 327 g/mol. The van der Waals surface area contributed by atoms with E-state index in [1.54, 1.807) is 13.2 Å². The molecule has 0 aliphatic heterocycles. The summed E-state index contributed by atoms with van der Waals surface area (Å²) in [6.45, 7) is 7.07. The Bertz CT molecular complexity index is 599. The lowest BCUT2D eigenvalue weighted by atomic mass is 10.0. The summed E-state index contributed by atoms with van der Waals surface area (Å²) in [5, 5.41) is 6.68. The number of nitrogens with one attached hydrogen (secondary N) is 2. The van der Waals surface area contributed by atoms with Crippen LogP contribution in [0.2, 0.25) is 0 Å². The van der Waals surface area contributed by atoms with Crippen LogP contribution in [0.5, 0.6) is 0 Å². The third-order valence-corrected chi connectivity index (χ3v) is 4.03. The van der Waals surface area contributed by atoms with Crippen molar-refractivity contribution in [1.82, 2.24) is 20.2 Å². The van der Waals surface area contributed by atoms with Crippen LogP contribution >= 0.6 is 0 Å². The highest BCUT2D eigenvalue weighted by atomic mass is 15.2. The fourth-order valence-corrected chi connectivity index (χ4v) is 2.51. The highest BCUT2D eigenvalue weighted by molar-refractivity contribution is 5.79. The Labute approximate surface area is 145 Å². The number of imidazole rings is 1. The summed E-state index contributed by atoms with van der Waals surface area (Å²) in [6, 6.07) is 8.97. The second kappa shape index (κ2) is 9.75. The van der Waals surface area contributed by atoms with E-state index in [0.29, 0.717) is 5.92 Å². The summed E-state index contributed by atoms with van der Waals surface area (Å²) in [7, 11) is 1.80. The van der Waals surface area contributed by atoms with Crippen molar-refractivity contribution in [2.75, 3.05) is 20.1 Å². The Morgan fingerprint density at radius 1 is 1.17 bits per heavy atom. The summed E-state index contributed by atoms with van der Waals surface area (Å²) < 4.78 is 2.04. The lowest BCUT2D eigenvalue weighted by Gasteiger charge is -2.12. The fraction of sp³-hybridized carbons (Fsp3) is 0.474. The molecule has 0 bridgehead atoms. The van der Waals surface area contributed by atoms with Crippen LogP contribution in [0.1, 0.15) is 37.3 Å². The Morgan fingerprint density at radius 2 is 1.92 bits per heavy atom. The SMILES string of the molecule is CN=C(NCCCc1ccc(C(C)C)cc1)NCCn1ccnc1. The van der Waals surface area contributed by atoms with Crippen LogP contribution in [0.15, 0.2) is 48.0 Å². The van der Waals surface area contributed by atoms with E-state index < -0.39 is 0 Å². The van der Waals surface area contributed by atoms with Gasteiger partial charge in [0.2, 0.25) is 0 Å². The van der Waals surface area contributed by atoms with Crippen molar-refractivity contribution in [3.05, 3.63) is 54.1 Å². The van der Waals surface area contributed by atoms with Crippen molar-refractivity contribution in [3.63, 3.8) is 0 Å². The highest BCUT2D eigenvalue weighted by Crippen LogP contribution is 2.15. The van der Waals surface area contributed by atoms with Gasteiger partial charge in [-0.25, -0.2) is 4.98 Å². The standard InChI is InChI=1S/C19H29N5/c1-16(2)18-8-6-17(7-9-18)5-4-10-22-19(20-3)23-12-14-24-13-11-21-15-24/h6-9,11,13,15-16H,4-5,10,12,14H2,1-3H3,(H2,20,22,23). The zero-order valence-corrected chi connectivity index (χ0v) is 15.0. The minimum atomic E-state index is 0.595. The first kappa shape index (κ1) is 18.0. The lowest BCUT2D eigenvalue weighted by molar-refractivity contribution is 0.657. The van der Waals surface area contributed by atoms with Gasteiger partial charge in [-0.2, -0.15) is 0 Å². The van der Waals surface area contributed by atoms with Crippen molar-refractivity contribution in [3.8, 4) is 0 Å². The molecule has 0 aliphatic rings. The molecule has 0 atom stereocenters. The van der Waals surface area contributed by atoms with Gasteiger partial charge in [0.15, 0.2) is 5.96 Å². The van der Waals surface area contributed by atoms with E-state index in [0.717, 1.165) is 38.4 Å². The second-order valence-corrected chi connectivity index (χ2v) is 6.23. The molecule has 0 saturated heterocycles. The van der Waals surface area contributed by atoms with Crippen molar-refractivity contribution in [2.45, 2.75) is 39.2 Å². The number of aliphatic imine (C=N–C) groups is 1. The maximum Gasteiger partial charge on any atom is 0.191 e. The average Bonchev–Trinajstić information content (AvgIpc) is 3.10. The summed E-state index contributed by atoms with van der Waals surface area (Å²) in [4.78, 5) is 8.29. The third kappa shape index (κ3) is 6.07. The van der Waals surface area contributed by atoms with E-state index in [4.69, 9.17) is 0 Å². The van der Waals surface area contributed by atoms with E-state index in [2.05, 4.69) is 58.7 Å². The molecule has 0 fully saturated rings. The normalized spacial score (nSPS) is 11.8. The van der Waals surface area contributed by atoms with Crippen LogP contribution in [0, 0.1) is 0 Å². The molecule has 1 heterocycles. The number of benzene rings is 1. The van der Waals surface area contributed by atoms with Crippen molar-refractivity contribution in [1.29, 1.82) is 0 Å². The predicted molar refractivity (Wildman–Crippen MR) is 100 cm³/mol. The Balaban J connectivity index is 1.62. The summed E-state index contributed by atoms with van der Waals surface area (Å²) in [6.07, 6.45) is 7.74. The zero-order chi connectivity index (χ0) is 17.2. The third-order valence-electron chi connectivity index (χ3n) is 4.03. The minimum Gasteiger partial charge on any atom is -0.356 e. The molecule has 2 rings (SSSR count). The lowest BCUT2D eigenvalue weighted by Crippen LogP contribution is -2.39. The van der Waals surface area contributed by atoms with Gasteiger partial charge in [0, 0.05) is 39.1 Å². The maximum atomic E-state index is 4.25. The van der Waals surface area contributed by atoms with Gasteiger partial charge in [-0.15, -0.1) is 0 Å². The largest absolute Gasteiger partial charge is 0.356 e. The van der Waals surface area contributed by atoms with Gasteiger partial charge in [0.1, 0.15) is 0 Å². The molecule has 5 heteroatoms. The number of nitrogens with zero attached hydrogens (tertiary/aromatic N) is 3. The number of guanidine groups is 1. The number of hydrogen-bond acceptors (Lipinski definition) is 2. The van der Waals surface area contributed by atoms with Crippen LogP contribution in [-0.4, -0.2) is 35.6 Å². The van der Waals surface area contributed by atoms with E-state index in [1.165, 1.54) is 11.1 Å². The Hall–Kier alpha value is -2.30. The maximum absolute atomic E-state index is 4.25. The summed E-state index contributed by atoms with van der Waals surface area (Å²) >= 11 is 0. The molecule has 0 amide bonds. The van der Waals surface area contributed by atoms with Gasteiger partial charge >= 0.3 is 0 Å². The number of aryl methyl sites for hydroxylation is 1. The number of hydrogen-bond donors (Lipinski definition) is 2. The van der Waals surface area contributed by atoms with Crippen LogP contribution in [-0.2, 0) is 13.0 Å². The fourth-order valence-electron chi connectivity index (χ4n) is 2.51. The Kier molecular flexibility index (Phi) is 7.33. The number of rotatable bonds is 8. The Morgan fingerprint density at radius 3 is 2.54 bits per heavy atom. The molecule has 0 unspecified atom stereocenters. The molecule has 2 N–H and O–H groups in total. The van der Waals surface area contributed by atoms with Gasteiger partial charge in [-0.1, -0.05) is 38.1 Å². The van der Waals surface area contributed by atoms with E-state index in [1.807, 2.05) is 17.1 Å². The summed E-state index contributed by atoms with van der Waals surface area (Å²) in [5.74, 6) is 1.45. The van der Waals surface area contributed by atoms with E-state index in [9.17, 15) is 0 Å². The van der Waals surface area contributed by atoms with Gasteiger partial charge in [-0.3, -0.25) is 4.99 Å². The molecule has 0 spiro atoms. The molecular weight excluding hydrogens is 298 g/mol. The molecule has 24 heavy (non-hydrogen) atoms. The molecule has 130 valence electrons. The zero-order valence-electron chi connectivity index (χ0n) is 15.0. The molecular formula is C19H29N5.